The molecule has 3 aromatic heterocycles. The minimum atomic E-state index is -0.254. The Balaban J connectivity index is 1.43. The molecule has 1 N–H and O–H groups in total. The fourth-order valence-corrected chi connectivity index (χ4v) is 4.34. The largest absolute Gasteiger partial charge is 0.352 e. The number of carbonyl (C=O) groups is 1. The lowest BCUT2D eigenvalue weighted by atomic mass is 10.1. The molecule has 4 rings (SSSR count). The SMILES string of the molecule is Cc1cc2c(cc3c(=O)n(CC(=O)N[C@H](C)CCc4ccccc4)ncn32)s1. The summed E-state index contributed by atoms with van der Waals surface area (Å²) in [5.41, 5.74) is 2.51. The molecule has 0 aliphatic carbocycles. The number of carbonyl (C=O) groups excluding carboxylic acids is 1. The zero-order valence-corrected chi connectivity index (χ0v) is 16.7. The minimum Gasteiger partial charge on any atom is -0.352 e. The molecule has 0 aliphatic rings. The lowest BCUT2D eigenvalue weighted by Crippen LogP contribution is -2.38. The van der Waals surface area contributed by atoms with Crippen molar-refractivity contribution in [2.75, 3.05) is 0 Å². The van der Waals surface area contributed by atoms with Gasteiger partial charge in [-0.1, -0.05) is 30.3 Å². The predicted molar refractivity (Wildman–Crippen MR) is 112 cm³/mol. The van der Waals surface area contributed by atoms with Crippen LogP contribution in [0.2, 0.25) is 0 Å². The van der Waals surface area contributed by atoms with Gasteiger partial charge in [-0.2, -0.15) is 5.10 Å². The highest BCUT2D eigenvalue weighted by molar-refractivity contribution is 7.19. The highest BCUT2D eigenvalue weighted by atomic mass is 32.1. The summed E-state index contributed by atoms with van der Waals surface area (Å²) in [6.45, 7) is 3.93. The molecule has 1 amide bonds. The van der Waals surface area contributed by atoms with Gasteiger partial charge >= 0.3 is 0 Å². The van der Waals surface area contributed by atoms with E-state index < -0.39 is 0 Å². The zero-order chi connectivity index (χ0) is 19.7. The minimum absolute atomic E-state index is 0.0220. The first-order valence-corrected chi connectivity index (χ1v) is 10.1. The number of rotatable bonds is 6. The lowest BCUT2D eigenvalue weighted by molar-refractivity contribution is -0.122. The van der Waals surface area contributed by atoms with Crippen molar-refractivity contribution in [1.82, 2.24) is 19.5 Å². The highest BCUT2D eigenvalue weighted by Gasteiger charge is 2.14. The Labute approximate surface area is 166 Å². The summed E-state index contributed by atoms with van der Waals surface area (Å²) >= 11 is 1.64. The van der Waals surface area contributed by atoms with Crippen LogP contribution in [0.5, 0.6) is 0 Å². The molecule has 7 heteroatoms. The van der Waals surface area contributed by atoms with Crippen LogP contribution < -0.4 is 10.9 Å². The van der Waals surface area contributed by atoms with Gasteiger partial charge in [-0.15, -0.1) is 11.3 Å². The van der Waals surface area contributed by atoms with Crippen molar-refractivity contribution >= 4 is 33.0 Å². The smallest absolute Gasteiger partial charge is 0.291 e. The van der Waals surface area contributed by atoms with Crippen LogP contribution in [0.4, 0.5) is 0 Å². The number of nitrogens with one attached hydrogen (secondary N) is 1. The van der Waals surface area contributed by atoms with Gasteiger partial charge in [-0.3, -0.25) is 14.0 Å². The second-order valence-corrected chi connectivity index (χ2v) is 8.38. The fraction of sp³-hybridized carbons (Fsp3) is 0.286. The van der Waals surface area contributed by atoms with Gasteiger partial charge in [0.05, 0.1) is 10.2 Å². The molecule has 0 fully saturated rings. The number of fused-ring (bicyclic) bond motifs is 3. The zero-order valence-electron chi connectivity index (χ0n) is 15.9. The standard InChI is InChI=1S/C21H22N4O2S/c1-14(8-9-16-6-4-3-5-7-16)23-20(26)12-25-21(27)18-11-19-17(10-15(2)28-19)24(18)13-22-25/h3-7,10-11,13-14H,8-9,12H2,1-2H3,(H,23,26)/t14-/m1/s1. The number of aromatic nitrogens is 3. The maximum atomic E-state index is 12.7. The molecule has 4 aromatic rings. The van der Waals surface area contributed by atoms with Gasteiger partial charge in [-0.05, 0) is 44.4 Å². The van der Waals surface area contributed by atoms with Gasteiger partial charge in [-0.25, -0.2) is 4.68 Å². The van der Waals surface area contributed by atoms with E-state index in [-0.39, 0.29) is 24.1 Å². The van der Waals surface area contributed by atoms with Gasteiger partial charge in [0.15, 0.2) is 0 Å². The number of hydrogen-bond acceptors (Lipinski definition) is 4. The number of hydrogen-bond donors (Lipinski definition) is 1. The first kappa shape index (κ1) is 18.4. The van der Waals surface area contributed by atoms with E-state index >= 15 is 0 Å². The molecule has 0 aliphatic heterocycles. The van der Waals surface area contributed by atoms with Crippen LogP contribution >= 0.6 is 11.3 Å². The van der Waals surface area contributed by atoms with Crippen LogP contribution in [0.3, 0.4) is 0 Å². The van der Waals surface area contributed by atoms with Crippen LogP contribution in [0.15, 0.2) is 53.6 Å². The molecule has 3 heterocycles. The average molecular weight is 394 g/mol. The Bertz CT molecular complexity index is 1190. The maximum absolute atomic E-state index is 12.7. The number of amides is 1. The van der Waals surface area contributed by atoms with Crippen LogP contribution in [0.25, 0.3) is 15.7 Å². The second-order valence-electron chi connectivity index (χ2n) is 7.09. The van der Waals surface area contributed by atoms with E-state index in [0.717, 1.165) is 23.1 Å². The van der Waals surface area contributed by atoms with E-state index in [0.29, 0.717) is 5.52 Å². The summed E-state index contributed by atoms with van der Waals surface area (Å²) in [7, 11) is 0. The monoisotopic (exact) mass is 394 g/mol. The molecule has 1 aromatic carbocycles. The van der Waals surface area contributed by atoms with Crippen LogP contribution in [0, 0.1) is 6.92 Å². The number of benzene rings is 1. The molecule has 0 unspecified atom stereocenters. The van der Waals surface area contributed by atoms with Crippen molar-refractivity contribution in [3.05, 3.63) is 69.6 Å². The molecule has 0 spiro atoms. The van der Waals surface area contributed by atoms with Crippen molar-refractivity contribution < 1.29 is 4.79 Å². The van der Waals surface area contributed by atoms with E-state index in [1.165, 1.54) is 15.1 Å². The van der Waals surface area contributed by atoms with Crippen LogP contribution in [-0.4, -0.2) is 26.1 Å². The predicted octanol–water partition coefficient (Wildman–Crippen LogP) is 3.16. The van der Waals surface area contributed by atoms with Crippen LogP contribution in [0.1, 0.15) is 23.8 Å². The summed E-state index contributed by atoms with van der Waals surface area (Å²) in [4.78, 5) is 26.3. The van der Waals surface area contributed by atoms with Crippen molar-refractivity contribution in [2.24, 2.45) is 0 Å². The molecule has 0 bridgehead atoms. The first-order chi connectivity index (χ1) is 13.5. The number of aryl methyl sites for hydroxylation is 2. The molecular formula is C21H22N4O2S. The maximum Gasteiger partial charge on any atom is 0.291 e. The lowest BCUT2D eigenvalue weighted by Gasteiger charge is -2.14. The Morgan fingerprint density at radius 2 is 2.00 bits per heavy atom. The first-order valence-electron chi connectivity index (χ1n) is 9.32. The highest BCUT2D eigenvalue weighted by Crippen LogP contribution is 2.26. The van der Waals surface area contributed by atoms with Gasteiger partial charge < -0.3 is 5.32 Å². The third-order valence-corrected chi connectivity index (χ3v) is 5.81. The topological polar surface area (TPSA) is 68.4 Å². The summed E-state index contributed by atoms with van der Waals surface area (Å²) in [6, 6.07) is 14.1. The van der Waals surface area contributed by atoms with Gasteiger partial charge in [0, 0.05) is 10.9 Å². The number of thiophene rings is 1. The van der Waals surface area contributed by atoms with Gasteiger partial charge in [0.1, 0.15) is 18.4 Å². The van der Waals surface area contributed by atoms with Crippen molar-refractivity contribution in [3.8, 4) is 0 Å². The summed E-state index contributed by atoms with van der Waals surface area (Å²) in [5, 5.41) is 7.15. The second kappa shape index (κ2) is 7.59. The molecule has 6 nitrogen and oxygen atoms in total. The molecule has 28 heavy (non-hydrogen) atoms. The van der Waals surface area contributed by atoms with E-state index in [4.69, 9.17) is 0 Å². The quantitative estimate of drug-likeness (QED) is 0.546. The normalized spacial score (nSPS) is 12.5. The summed E-state index contributed by atoms with van der Waals surface area (Å²) in [6.07, 6.45) is 3.34. The van der Waals surface area contributed by atoms with Crippen LogP contribution in [-0.2, 0) is 17.8 Å². The third-order valence-electron chi connectivity index (χ3n) is 4.82. The van der Waals surface area contributed by atoms with E-state index in [1.807, 2.05) is 44.2 Å². The van der Waals surface area contributed by atoms with Crippen molar-refractivity contribution in [2.45, 2.75) is 39.3 Å². The average Bonchev–Trinajstić information content (AvgIpc) is 3.20. The molecular weight excluding hydrogens is 372 g/mol. The Hall–Kier alpha value is -2.93. The van der Waals surface area contributed by atoms with Gasteiger partial charge in [0.2, 0.25) is 5.91 Å². The van der Waals surface area contributed by atoms with Crippen molar-refractivity contribution in [3.63, 3.8) is 0 Å². The van der Waals surface area contributed by atoms with E-state index in [9.17, 15) is 9.59 Å². The van der Waals surface area contributed by atoms with E-state index in [1.54, 1.807) is 22.1 Å². The fourth-order valence-electron chi connectivity index (χ4n) is 3.39. The Kier molecular flexibility index (Phi) is 5.00. The third kappa shape index (κ3) is 3.71. The van der Waals surface area contributed by atoms with E-state index in [2.05, 4.69) is 22.5 Å². The molecule has 1 atom stereocenters. The Morgan fingerprint density at radius 3 is 2.79 bits per heavy atom. The molecule has 0 saturated carbocycles. The molecule has 0 saturated heterocycles. The summed E-state index contributed by atoms with van der Waals surface area (Å²) < 4.78 is 4.07. The molecule has 144 valence electrons. The van der Waals surface area contributed by atoms with Gasteiger partial charge in [0.25, 0.3) is 5.56 Å². The van der Waals surface area contributed by atoms with Crippen molar-refractivity contribution in [1.29, 1.82) is 0 Å². The summed E-state index contributed by atoms with van der Waals surface area (Å²) in [5.74, 6) is -0.205. The Morgan fingerprint density at radius 1 is 1.21 bits per heavy atom. The molecule has 0 radical (unpaired) electrons. The number of nitrogens with zero attached hydrogens (tertiary/aromatic N) is 3.